The van der Waals surface area contributed by atoms with Gasteiger partial charge in [-0.1, -0.05) is 31.2 Å². The van der Waals surface area contributed by atoms with Gasteiger partial charge >= 0.3 is 6.09 Å². The molecule has 5 nitrogen and oxygen atoms in total. The normalized spacial score (nSPS) is 13.7. The lowest BCUT2D eigenvalue weighted by Crippen LogP contribution is -2.43. The summed E-state index contributed by atoms with van der Waals surface area (Å²) in [5, 5.41) is 2.63. The van der Waals surface area contributed by atoms with E-state index in [0.29, 0.717) is 12.1 Å². The van der Waals surface area contributed by atoms with Crippen LogP contribution in [0.15, 0.2) is 36.9 Å². The number of anilines is 1. The topological polar surface area (TPSA) is 81.4 Å². The van der Waals surface area contributed by atoms with Gasteiger partial charge in [-0.15, -0.1) is 6.58 Å². The Bertz CT molecular complexity index is 591. The molecular formula is C19H28N2O3. The molecule has 2 atom stereocenters. The Morgan fingerprint density at radius 2 is 1.96 bits per heavy atom. The van der Waals surface area contributed by atoms with Gasteiger partial charge in [-0.25, -0.2) is 4.79 Å². The molecule has 1 aromatic carbocycles. The summed E-state index contributed by atoms with van der Waals surface area (Å²) in [5.74, 6) is -0.108. The van der Waals surface area contributed by atoms with Crippen molar-refractivity contribution in [3.05, 3.63) is 42.5 Å². The van der Waals surface area contributed by atoms with Crippen LogP contribution in [0, 0.1) is 0 Å². The number of ketones is 1. The summed E-state index contributed by atoms with van der Waals surface area (Å²) in [6, 6.07) is 6.84. The van der Waals surface area contributed by atoms with E-state index in [1.165, 1.54) is 0 Å². The number of Topliss-reactive ketones (excluding diaryl/α,β-unsaturated/α-hetero) is 1. The molecule has 1 amide bonds. The Morgan fingerprint density at radius 3 is 2.50 bits per heavy atom. The molecule has 5 heteroatoms. The van der Waals surface area contributed by atoms with Crippen LogP contribution in [0.4, 0.5) is 10.5 Å². The van der Waals surface area contributed by atoms with Crippen LogP contribution in [0.3, 0.4) is 0 Å². The lowest BCUT2D eigenvalue weighted by molar-refractivity contribution is -0.121. The predicted molar refractivity (Wildman–Crippen MR) is 96.9 cm³/mol. The Labute approximate surface area is 144 Å². The molecule has 0 aliphatic rings. The minimum atomic E-state index is -0.648. The summed E-state index contributed by atoms with van der Waals surface area (Å²) in [5.41, 5.74) is 6.95. The third-order valence-electron chi connectivity index (χ3n) is 3.52. The van der Waals surface area contributed by atoms with Crippen LogP contribution in [0.1, 0.15) is 52.0 Å². The molecule has 0 aliphatic carbocycles. The number of nitrogens with two attached hydrogens (primary N) is 1. The first kappa shape index (κ1) is 19.7. The fraction of sp³-hybridized carbons (Fsp3) is 0.474. The molecule has 0 spiro atoms. The van der Waals surface area contributed by atoms with Gasteiger partial charge in [-0.05, 0) is 44.7 Å². The zero-order chi connectivity index (χ0) is 18.3. The number of nitrogens with one attached hydrogen (secondary N) is 1. The minimum Gasteiger partial charge on any atom is -0.444 e. The van der Waals surface area contributed by atoms with Crippen LogP contribution in [0.2, 0.25) is 0 Å². The highest BCUT2D eigenvalue weighted by atomic mass is 16.6. The lowest BCUT2D eigenvalue weighted by atomic mass is 9.91. The molecule has 24 heavy (non-hydrogen) atoms. The summed E-state index contributed by atoms with van der Waals surface area (Å²) in [6.45, 7) is 10.9. The van der Waals surface area contributed by atoms with Crippen molar-refractivity contribution in [3.8, 4) is 0 Å². The van der Waals surface area contributed by atoms with Crippen molar-refractivity contribution in [2.75, 3.05) is 5.73 Å². The average Bonchev–Trinajstić information content (AvgIpc) is 2.45. The van der Waals surface area contributed by atoms with Crippen molar-refractivity contribution in [2.45, 2.75) is 58.1 Å². The highest BCUT2D eigenvalue weighted by Crippen LogP contribution is 2.25. The Hall–Kier alpha value is -2.30. The number of hydrogen-bond acceptors (Lipinski definition) is 4. The number of carbonyl (C=O) groups excluding carboxylic acids is 2. The zero-order valence-electron chi connectivity index (χ0n) is 15.0. The third-order valence-corrected chi connectivity index (χ3v) is 3.52. The number of benzene rings is 1. The molecule has 0 fully saturated rings. The molecule has 1 rings (SSSR count). The standard InChI is InChI=1S/C19H28N2O3/c1-6-9-16(21-18(23)24-19(3,4)5)17(22)12-13(2)14-10-7-8-11-15(14)20/h6-8,10-11,13,16H,1,9,12,20H2,2-5H3,(H,21,23)/t13?,16-/m0/s1. The zero-order valence-corrected chi connectivity index (χ0v) is 15.0. The van der Waals surface area contributed by atoms with E-state index in [4.69, 9.17) is 10.5 Å². The Kier molecular flexibility index (Phi) is 7.01. The number of nitrogen functional groups attached to an aromatic ring is 1. The van der Waals surface area contributed by atoms with Gasteiger partial charge in [0.2, 0.25) is 0 Å². The fourth-order valence-electron chi connectivity index (χ4n) is 2.40. The molecule has 1 aromatic rings. The first-order valence-corrected chi connectivity index (χ1v) is 8.11. The van der Waals surface area contributed by atoms with E-state index in [2.05, 4.69) is 11.9 Å². The maximum absolute atomic E-state index is 12.6. The van der Waals surface area contributed by atoms with E-state index < -0.39 is 17.7 Å². The number of carbonyl (C=O) groups is 2. The maximum atomic E-state index is 12.6. The van der Waals surface area contributed by atoms with E-state index in [-0.39, 0.29) is 18.1 Å². The van der Waals surface area contributed by atoms with Gasteiger partial charge < -0.3 is 15.8 Å². The second-order valence-corrected chi connectivity index (χ2v) is 6.92. The fourth-order valence-corrected chi connectivity index (χ4v) is 2.40. The maximum Gasteiger partial charge on any atom is 0.408 e. The number of rotatable bonds is 7. The predicted octanol–water partition coefficient (Wildman–Crippen LogP) is 3.80. The summed E-state index contributed by atoms with van der Waals surface area (Å²) in [6.07, 6.45) is 1.65. The molecule has 0 saturated heterocycles. The van der Waals surface area contributed by atoms with Crippen LogP contribution in [0.25, 0.3) is 0 Å². The van der Waals surface area contributed by atoms with Crippen molar-refractivity contribution in [1.29, 1.82) is 0 Å². The smallest absolute Gasteiger partial charge is 0.408 e. The van der Waals surface area contributed by atoms with E-state index in [0.717, 1.165) is 5.56 Å². The van der Waals surface area contributed by atoms with Gasteiger partial charge in [0.25, 0.3) is 0 Å². The number of amides is 1. The number of para-hydroxylation sites is 1. The number of ether oxygens (including phenoxy) is 1. The van der Waals surface area contributed by atoms with Gasteiger partial charge in [0.05, 0.1) is 6.04 Å². The van der Waals surface area contributed by atoms with Crippen molar-refractivity contribution >= 4 is 17.6 Å². The molecule has 0 radical (unpaired) electrons. The monoisotopic (exact) mass is 332 g/mol. The highest BCUT2D eigenvalue weighted by Gasteiger charge is 2.25. The van der Waals surface area contributed by atoms with Crippen LogP contribution < -0.4 is 11.1 Å². The first-order chi connectivity index (χ1) is 11.1. The molecule has 3 N–H and O–H groups in total. The van der Waals surface area contributed by atoms with Gasteiger partial charge in [-0.2, -0.15) is 0 Å². The van der Waals surface area contributed by atoms with Gasteiger partial charge in [-0.3, -0.25) is 4.79 Å². The Morgan fingerprint density at radius 1 is 1.33 bits per heavy atom. The molecular weight excluding hydrogens is 304 g/mol. The van der Waals surface area contributed by atoms with Crippen molar-refractivity contribution in [2.24, 2.45) is 0 Å². The SMILES string of the molecule is C=CC[C@H](NC(=O)OC(C)(C)C)C(=O)CC(C)c1ccccc1N. The van der Waals surface area contributed by atoms with Crippen LogP contribution >= 0.6 is 0 Å². The Balaban J connectivity index is 2.74. The van der Waals surface area contributed by atoms with E-state index in [9.17, 15) is 9.59 Å². The molecule has 1 unspecified atom stereocenters. The van der Waals surface area contributed by atoms with E-state index in [1.807, 2.05) is 31.2 Å². The van der Waals surface area contributed by atoms with Crippen molar-refractivity contribution < 1.29 is 14.3 Å². The largest absolute Gasteiger partial charge is 0.444 e. The summed E-state index contributed by atoms with van der Waals surface area (Å²) in [7, 11) is 0. The number of hydrogen-bond donors (Lipinski definition) is 2. The van der Waals surface area contributed by atoms with Crippen molar-refractivity contribution in [3.63, 3.8) is 0 Å². The van der Waals surface area contributed by atoms with Gasteiger partial charge in [0.1, 0.15) is 5.60 Å². The van der Waals surface area contributed by atoms with Crippen LogP contribution in [0.5, 0.6) is 0 Å². The number of alkyl carbamates (subject to hydrolysis) is 1. The molecule has 0 aromatic heterocycles. The minimum absolute atomic E-state index is 0.0357. The van der Waals surface area contributed by atoms with E-state index >= 15 is 0 Å². The summed E-state index contributed by atoms with van der Waals surface area (Å²) < 4.78 is 5.22. The van der Waals surface area contributed by atoms with Gasteiger partial charge in [0, 0.05) is 12.1 Å². The molecule has 0 saturated carbocycles. The van der Waals surface area contributed by atoms with Crippen LogP contribution in [-0.4, -0.2) is 23.5 Å². The first-order valence-electron chi connectivity index (χ1n) is 8.11. The van der Waals surface area contributed by atoms with Gasteiger partial charge in [0.15, 0.2) is 5.78 Å². The highest BCUT2D eigenvalue weighted by molar-refractivity contribution is 5.88. The second kappa shape index (κ2) is 8.52. The lowest BCUT2D eigenvalue weighted by Gasteiger charge is -2.23. The third kappa shape index (κ3) is 6.44. The van der Waals surface area contributed by atoms with E-state index in [1.54, 1.807) is 26.8 Å². The average molecular weight is 332 g/mol. The molecule has 0 aliphatic heterocycles. The second-order valence-electron chi connectivity index (χ2n) is 6.92. The molecule has 0 bridgehead atoms. The molecule has 0 heterocycles. The summed E-state index contributed by atoms with van der Waals surface area (Å²) in [4.78, 5) is 24.5. The quantitative estimate of drug-likeness (QED) is 0.588. The molecule has 132 valence electrons. The van der Waals surface area contributed by atoms with Crippen LogP contribution in [-0.2, 0) is 9.53 Å². The van der Waals surface area contributed by atoms with Crippen molar-refractivity contribution in [1.82, 2.24) is 5.32 Å². The summed E-state index contributed by atoms with van der Waals surface area (Å²) >= 11 is 0.